The molecule has 1 aromatic heterocycles. The molecule has 2 rings (SSSR count). The van der Waals surface area contributed by atoms with E-state index in [1.54, 1.807) is 13.8 Å². The molecule has 1 saturated heterocycles. The monoisotopic (exact) mass is 302 g/mol. The Labute approximate surface area is 117 Å². The lowest BCUT2D eigenvalue weighted by Crippen LogP contribution is -2.50. The van der Waals surface area contributed by atoms with Crippen molar-refractivity contribution in [3.8, 4) is 0 Å². The Morgan fingerprint density at radius 2 is 1.85 bits per heavy atom. The van der Waals surface area contributed by atoms with Crippen LogP contribution in [-0.4, -0.2) is 67.2 Å². The zero-order valence-electron chi connectivity index (χ0n) is 11.7. The fraction of sp³-hybridized carbons (Fsp3) is 0.636. The van der Waals surface area contributed by atoms with Gasteiger partial charge in [-0.1, -0.05) is 0 Å². The van der Waals surface area contributed by atoms with Gasteiger partial charge in [-0.15, -0.1) is 0 Å². The Morgan fingerprint density at radius 3 is 2.30 bits per heavy atom. The molecule has 112 valence electrons. The number of nitrogens with one attached hydrogen (secondary N) is 1. The first-order chi connectivity index (χ1) is 9.37. The maximum absolute atomic E-state index is 12.6. The summed E-state index contributed by atoms with van der Waals surface area (Å²) < 4.78 is 31.1. The summed E-state index contributed by atoms with van der Waals surface area (Å²) in [6.45, 7) is 4.48. The van der Waals surface area contributed by atoms with Gasteiger partial charge in [0.15, 0.2) is 0 Å². The molecule has 1 fully saturated rings. The molecule has 0 aromatic carbocycles. The molecule has 0 unspecified atom stereocenters. The summed E-state index contributed by atoms with van der Waals surface area (Å²) in [7, 11) is -2.27. The van der Waals surface area contributed by atoms with E-state index in [2.05, 4.69) is 14.9 Å². The third kappa shape index (κ3) is 2.50. The van der Waals surface area contributed by atoms with Crippen molar-refractivity contribution in [1.29, 1.82) is 0 Å². The minimum atomic E-state index is -3.58. The number of nitrogens with zero attached hydrogens (tertiary/aromatic N) is 3. The van der Waals surface area contributed by atoms with Crippen LogP contribution in [0, 0.1) is 13.8 Å². The van der Waals surface area contributed by atoms with E-state index in [0.29, 0.717) is 24.5 Å². The van der Waals surface area contributed by atoms with E-state index in [9.17, 15) is 13.2 Å². The predicted octanol–water partition coefficient (Wildman–Crippen LogP) is 0.0992. The summed E-state index contributed by atoms with van der Waals surface area (Å²) in [5, 5.41) is 6.60. The summed E-state index contributed by atoms with van der Waals surface area (Å²) in [5.41, 5.74) is 0.982. The molecule has 1 amide bonds. The number of rotatable bonds is 2. The van der Waals surface area contributed by atoms with Crippen LogP contribution in [0.15, 0.2) is 4.90 Å². The lowest BCUT2D eigenvalue weighted by atomic mass is 10.4. The van der Waals surface area contributed by atoms with E-state index in [4.69, 9.17) is 0 Å². The van der Waals surface area contributed by atoms with Gasteiger partial charge in [0, 0.05) is 26.2 Å². The number of carbonyl (C=O) groups is 1. The van der Waals surface area contributed by atoms with Crippen LogP contribution >= 0.6 is 0 Å². The summed E-state index contributed by atoms with van der Waals surface area (Å²) in [6, 6.07) is 0. The molecule has 9 heteroatoms. The number of aryl methyl sites for hydroxylation is 2. The number of ether oxygens (including phenoxy) is 1. The number of aromatic nitrogens is 2. The third-order valence-electron chi connectivity index (χ3n) is 3.33. The highest BCUT2D eigenvalue weighted by Gasteiger charge is 2.33. The molecule has 0 spiro atoms. The largest absolute Gasteiger partial charge is 0.453 e. The van der Waals surface area contributed by atoms with Crippen molar-refractivity contribution in [1.82, 2.24) is 19.4 Å². The molecule has 0 radical (unpaired) electrons. The van der Waals surface area contributed by atoms with Crippen LogP contribution in [0.3, 0.4) is 0 Å². The maximum Gasteiger partial charge on any atom is 0.409 e. The van der Waals surface area contributed by atoms with Crippen LogP contribution < -0.4 is 0 Å². The Hall–Kier alpha value is -1.61. The van der Waals surface area contributed by atoms with Crippen LogP contribution in [0.4, 0.5) is 4.79 Å². The minimum absolute atomic E-state index is 0.226. The van der Waals surface area contributed by atoms with Crippen molar-refractivity contribution in [3.05, 3.63) is 11.4 Å². The highest BCUT2D eigenvalue weighted by Crippen LogP contribution is 2.22. The average molecular weight is 302 g/mol. The van der Waals surface area contributed by atoms with E-state index in [-0.39, 0.29) is 18.0 Å². The SMILES string of the molecule is COC(=O)N1CCN(S(=O)(=O)c2c(C)n[nH]c2C)CC1. The average Bonchev–Trinajstić information content (AvgIpc) is 2.78. The molecule has 0 atom stereocenters. The van der Waals surface area contributed by atoms with Crippen molar-refractivity contribution >= 4 is 16.1 Å². The quantitative estimate of drug-likeness (QED) is 0.836. The first-order valence-electron chi connectivity index (χ1n) is 6.22. The van der Waals surface area contributed by atoms with Crippen LogP contribution in [0.5, 0.6) is 0 Å². The molecule has 2 heterocycles. The molecular formula is C11H18N4O4S. The molecule has 1 aliphatic heterocycles. The van der Waals surface area contributed by atoms with Crippen LogP contribution in [-0.2, 0) is 14.8 Å². The van der Waals surface area contributed by atoms with Crippen molar-refractivity contribution in [3.63, 3.8) is 0 Å². The van der Waals surface area contributed by atoms with Gasteiger partial charge in [-0.05, 0) is 13.8 Å². The number of carbonyl (C=O) groups excluding carboxylic acids is 1. The Kier molecular flexibility index (Phi) is 4.00. The van der Waals surface area contributed by atoms with E-state index in [0.717, 1.165) is 0 Å². The van der Waals surface area contributed by atoms with Gasteiger partial charge in [0.05, 0.1) is 18.5 Å². The number of aromatic amines is 1. The van der Waals surface area contributed by atoms with Gasteiger partial charge in [-0.3, -0.25) is 5.10 Å². The lowest BCUT2D eigenvalue weighted by Gasteiger charge is -2.33. The van der Waals surface area contributed by atoms with Crippen molar-refractivity contribution in [2.45, 2.75) is 18.7 Å². The number of H-pyrrole nitrogens is 1. The fourth-order valence-electron chi connectivity index (χ4n) is 2.29. The molecule has 1 aromatic rings. The smallest absolute Gasteiger partial charge is 0.409 e. The molecule has 0 aliphatic carbocycles. The zero-order valence-corrected chi connectivity index (χ0v) is 12.5. The lowest BCUT2D eigenvalue weighted by molar-refractivity contribution is 0.108. The van der Waals surface area contributed by atoms with E-state index in [1.807, 2.05) is 0 Å². The van der Waals surface area contributed by atoms with Gasteiger partial charge in [0.2, 0.25) is 10.0 Å². The van der Waals surface area contributed by atoms with Crippen LogP contribution in [0.2, 0.25) is 0 Å². The van der Waals surface area contributed by atoms with Crippen molar-refractivity contribution in [2.75, 3.05) is 33.3 Å². The predicted molar refractivity (Wildman–Crippen MR) is 70.8 cm³/mol. The molecule has 0 saturated carbocycles. The molecule has 1 aliphatic rings. The van der Waals surface area contributed by atoms with Gasteiger partial charge < -0.3 is 9.64 Å². The number of piperazine rings is 1. The summed E-state index contributed by atoms with van der Waals surface area (Å²) in [4.78, 5) is 13.1. The number of hydrogen-bond donors (Lipinski definition) is 1. The summed E-state index contributed by atoms with van der Waals surface area (Å²) in [6.07, 6.45) is -0.433. The maximum atomic E-state index is 12.6. The second-order valence-corrected chi connectivity index (χ2v) is 6.50. The third-order valence-corrected chi connectivity index (χ3v) is 5.49. The summed E-state index contributed by atoms with van der Waals surface area (Å²) in [5.74, 6) is 0. The van der Waals surface area contributed by atoms with Crippen molar-refractivity contribution in [2.24, 2.45) is 0 Å². The highest BCUT2D eigenvalue weighted by atomic mass is 32.2. The second-order valence-electron chi connectivity index (χ2n) is 4.62. The standard InChI is InChI=1S/C11H18N4O4S/c1-8-10(9(2)13-12-8)20(17,18)15-6-4-14(5-7-15)11(16)19-3/h4-7H2,1-3H3,(H,12,13). The molecular weight excluding hydrogens is 284 g/mol. The Morgan fingerprint density at radius 1 is 1.25 bits per heavy atom. The van der Waals surface area contributed by atoms with Gasteiger partial charge in [0.1, 0.15) is 4.90 Å². The van der Waals surface area contributed by atoms with Crippen LogP contribution in [0.25, 0.3) is 0 Å². The number of methoxy groups -OCH3 is 1. The van der Waals surface area contributed by atoms with E-state index < -0.39 is 16.1 Å². The topological polar surface area (TPSA) is 95.6 Å². The first kappa shape index (κ1) is 14.8. The Balaban J connectivity index is 2.16. The summed E-state index contributed by atoms with van der Waals surface area (Å²) >= 11 is 0. The molecule has 0 bridgehead atoms. The first-order valence-corrected chi connectivity index (χ1v) is 7.66. The van der Waals surface area contributed by atoms with E-state index >= 15 is 0 Å². The molecule has 8 nitrogen and oxygen atoms in total. The molecule has 20 heavy (non-hydrogen) atoms. The zero-order chi connectivity index (χ0) is 14.9. The number of hydrogen-bond acceptors (Lipinski definition) is 5. The Bertz CT molecular complexity index is 582. The van der Waals surface area contributed by atoms with Gasteiger partial charge in [0.25, 0.3) is 0 Å². The minimum Gasteiger partial charge on any atom is -0.453 e. The van der Waals surface area contributed by atoms with Crippen LogP contribution in [0.1, 0.15) is 11.4 Å². The number of sulfonamides is 1. The van der Waals surface area contributed by atoms with Gasteiger partial charge >= 0.3 is 6.09 Å². The van der Waals surface area contributed by atoms with Crippen molar-refractivity contribution < 1.29 is 17.9 Å². The normalized spacial score (nSPS) is 17.2. The van der Waals surface area contributed by atoms with Gasteiger partial charge in [-0.25, -0.2) is 13.2 Å². The second kappa shape index (κ2) is 5.41. The van der Waals surface area contributed by atoms with Gasteiger partial charge in [-0.2, -0.15) is 9.40 Å². The fourth-order valence-corrected chi connectivity index (χ4v) is 4.04. The number of amides is 1. The van der Waals surface area contributed by atoms with E-state index in [1.165, 1.54) is 16.3 Å². The highest BCUT2D eigenvalue weighted by molar-refractivity contribution is 7.89. The molecule has 1 N–H and O–H groups in total.